The molecule has 1 saturated heterocycles. The first-order chi connectivity index (χ1) is 12.0. The van der Waals surface area contributed by atoms with Crippen molar-refractivity contribution in [2.75, 3.05) is 33.2 Å². The summed E-state index contributed by atoms with van der Waals surface area (Å²) in [6.45, 7) is 6.21. The molecule has 1 aliphatic heterocycles. The average Bonchev–Trinajstić information content (AvgIpc) is 3.09. The molecular weight excluding hydrogens is 358 g/mol. The van der Waals surface area contributed by atoms with Gasteiger partial charge in [-0.1, -0.05) is 35.1 Å². The predicted octanol–water partition coefficient (Wildman–Crippen LogP) is -0.0392. The summed E-state index contributed by atoms with van der Waals surface area (Å²) in [5.41, 5.74) is 1.16. The molecular formula is C17H22ClN5OS+2. The van der Waals surface area contributed by atoms with Crippen molar-refractivity contribution >= 4 is 27.9 Å². The number of hydrogen-bond donors (Lipinski definition) is 3. The van der Waals surface area contributed by atoms with E-state index in [2.05, 4.69) is 29.3 Å². The number of nitrogens with one attached hydrogen (secondary N) is 2. The molecule has 1 aliphatic rings. The van der Waals surface area contributed by atoms with Gasteiger partial charge in [-0.2, -0.15) is 4.52 Å². The molecule has 0 saturated carbocycles. The fourth-order valence-electron chi connectivity index (χ4n) is 3.55. The number of aromatic nitrogens is 3. The van der Waals surface area contributed by atoms with Crippen molar-refractivity contribution in [2.45, 2.75) is 13.0 Å². The largest absolute Gasteiger partial charge is 0.492 e. The van der Waals surface area contributed by atoms with Gasteiger partial charge in [-0.3, -0.25) is 0 Å². The fourth-order valence-corrected chi connectivity index (χ4v) is 4.86. The van der Waals surface area contributed by atoms with Crippen LogP contribution in [0.2, 0.25) is 5.02 Å². The number of fused-ring (bicyclic) bond motifs is 1. The van der Waals surface area contributed by atoms with Gasteiger partial charge in [0.2, 0.25) is 10.8 Å². The highest BCUT2D eigenvalue weighted by atomic mass is 35.5. The monoisotopic (exact) mass is 379 g/mol. The normalized spacial score (nSPS) is 22.4. The highest BCUT2D eigenvalue weighted by Gasteiger charge is 2.35. The molecule has 1 aromatic carbocycles. The second-order valence-electron chi connectivity index (χ2n) is 6.74. The fraction of sp³-hybridized carbons (Fsp3) is 0.412. The molecule has 0 spiro atoms. The standard InChI is InChI=1S/C17H20ClN5OS/c1-11-19-17-23(20-11)16(24)15(25-17)14(12-3-5-13(18)6-4-12)22-9-7-21(2)8-10-22/h3-6,14,24H,7-10H2,1-2H3/p+2/t14-/m0/s1. The molecule has 3 N–H and O–H groups in total. The Kier molecular flexibility index (Phi) is 4.41. The molecule has 0 radical (unpaired) electrons. The number of aryl methyl sites for hydroxylation is 1. The van der Waals surface area contributed by atoms with E-state index in [4.69, 9.17) is 11.6 Å². The molecule has 0 bridgehead atoms. The van der Waals surface area contributed by atoms with Gasteiger partial charge in [0, 0.05) is 10.6 Å². The first kappa shape index (κ1) is 16.8. The van der Waals surface area contributed by atoms with Crippen LogP contribution in [-0.4, -0.2) is 52.9 Å². The number of quaternary nitrogens is 2. The molecule has 8 heteroatoms. The Morgan fingerprint density at radius 2 is 1.88 bits per heavy atom. The van der Waals surface area contributed by atoms with E-state index in [-0.39, 0.29) is 11.9 Å². The van der Waals surface area contributed by atoms with Crippen LogP contribution in [0.4, 0.5) is 0 Å². The van der Waals surface area contributed by atoms with Crippen molar-refractivity contribution in [3.8, 4) is 5.88 Å². The molecule has 3 heterocycles. The molecule has 1 atom stereocenters. The second kappa shape index (κ2) is 6.57. The van der Waals surface area contributed by atoms with Gasteiger partial charge in [0.15, 0.2) is 6.04 Å². The number of likely N-dealkylation sites (N-methyl/N-ethyl adjacent to an activating group) is 1. The highest BCUT2D eigenvalue weighted by molar-refractivity contribution is 7.17. The topological polar surface area (TPSA) is 59.3 Å². The zero-order chi connectivity index (χ0) is 17.6. The molecule has 0 aliphatic carbocycles. The van der Waals surface area contributed by atoms with Gasteiger partial charge < -0.3 is 14.9 Å². The van der Waals surface area contributed by atoms with Gasteiger partial charge >= 0.3 is 0 Å². The van der Waals surface area contributed by atoms with E-state index in [1.54, 1.807) is 9.42 Å². The summed E-state index contributed by atoms with van der Waals surface area (Å²) in [7, 11) is 2.23. The Morgan fingerprint density at radius 3 is 2.52 bits per heavy atom. The van der Waals surface area contributed by atoms with Crippen molar-refractivity contribution in [3.05, 3.63) is 45.6 Å². The molecule has 0 amide bonds. The summed E-state index contributed by atoms with van der Waals surface area (Å²) in [6.07, 6.45) is 0. The number of halogens is 1. The summed E-state index contributed by atoms with van der Waals surface area (Å²) < 4.78 is 1.55. The van der Waals surface area contributed by atoms with Crippen molar-refractivity contribution in [3.63, 3.8) is 0 Å². The SMILES string of the molecule is Cc1nc2sc([C@H](c3ccc(Cl)cc3)[NH+]3CC[NH+](C)CC3)c(O)n2n1. The summed E-state index contributed by atoms with van der Waals surface area (Å²) in [5.74, 6) is 0.881. The third kappa shape index (κ3) is 3.13. The van der Waals surface area contributed by atoms with Crippen LogP contribution in [0.15, 0.2) is 24.3 Å². The van der Waals surface area contributed by atoms with Crippen molar-refractivity contribution in [1.82, 2.24) is 14.6 Å². The Bertz CT molecular complexity index is 882. The van der Waals surface area contributed by atoms with Crippen LogP contribution in [0.5, 0.6) is 5.88 Å². The zero-order valence-electron chi connectivity index (χ0n) is 14.3. The molecule has 6 nitrogen and oxygen atoms in total. The number of piperazine rings is 1. The van der Waals surface area contributed by atoms with Gasteiger partial charge in [-0.15, -0.1) is 5.10 Å². The third-order valence-electron chi connectivity index (χ3n) is 4.93. The lowest BCUT2D eigenvalue weighted by atomic mass is 10.0. The Hall–Kier alpha value is -1.67. The lowest BCUT2D eigenvalue weighted by Gasteiger charge is -2.33. The molecule has 25 heavy (non-hydrogen) atoms. The van der Waals surface area contributed by atoms with Crippen LogP contribution in [0, 0.1) is 6.92 Å². The number of hydrogen-bond acceptors (Lipinski definition) is 4. The molecule has 4 rings (SSSR count). The van der Waals surface area contributed by atoms with E-state index >= 15 is 0 Å². The van der Waals surface area contributed by atoms with Crippen molar-refractivity contribution in [2.24, 2.45) is 0 Å². The first-order valence-corrected chi connectivity index (χ1v) is 9.68. The molecule has 2 aromatic heterocycles. The van der Waals surface area contributed by atoms with Gasteiger partial charge in [0.25, 0.3) is 0 Å². The van der Waals surface area contributed by atoms with Crippen molar-refractivity contribution < 1.29 is 14.9 Å². The predicted molar refractivity (Wildman–Crippen MR) is 97.9 cm³/mol. The van der Waals surface area contributed by atoms with E-state index in [0.717, 1.165) is 46.6 Å². The Morgan fingerprint density at radius 1 is 1.20 bits per heavy atom. The van der Waals surface area contributed by atoms with Gasteiger partial charge in [-0.05, 0) is 19.1 Å². The zero-order valence-corrected chi connectivity index (χ0v) is 15.9. The highest BCUT2D eigenvalue weighted by Crippen LogP contribution is 2.35. The van der Waals surface area contributed by atoms with E-state index < -0.39 is 0 Å². The van der Waals surface area contributed by atoms with Crippen LogP contribution in [0.25, 0.3) is 4.96 Å². The number of nitrogens with zero attached hydrogens (tertiary/aromatic N) is 3. The van der Waals surface area contributed by atoms with Crippen LogP contribution in [0.1, 0.15) is 22.3 Å². The lowest BCUT2D eigenvalue weighted by Crippen LogP contribution is -3.27. The van der Waals surface area contributed by atoms with Gasteiger partial charge in [0.05, 0.1) is 7.05 Å². The van der Waals surface area contributed by atoms with E-state index in [9.17, 15) is 5.11 Å². The van der Waals surface area contributed by atoms with Gasteiger partial charge in [0.1, 0.15) is 36.9 Å². The third-order valence-corrected chi connectivity index (χ3v) is 6.26. The maximum atomic E-state index is 10.8. The maximum Gasteiger partial charge on any atom is 0.235 e. The van der Waals surface area contributed by atoms with Crippen molar-refractivity contribution in [1.29, 1.82) is 0 Å². The minimum absolute atomic E-state index is 0.0687. The molecule has 0 unspecified atom stereocenters. The number of benzene rings is 1. The Labute approximate surface area is 155 Å². The van der Waals surface area contributed by atoms with Gasteiger partial charge in [-0.25, -0.2) is 4.98 Å². The maximum absolute atomic E-state index is 10.8. The first-order valence-electron chi connectivity index (χ1n) is 8.49. The van der Waals surface area contributed by atoms with Crippen LogP contribution in [0.3, 0.4) is 0 Å². The lowest BCUT2D eigenvalue weighted by molar-refractivity contribution is -1.02. The summed E-state index contributed by atoms with van der Waals surface area (Å²) >= 11 is 7.61. The minimum Gasteiger partial charge on any atom is -0.492 e. The minimum atomic E-state index is 0.0687. The summed E-state index contributed by atoms with van der Waals surface area (Å²) in [5, 5.41) is 15.8. The molecule has 1 fully saturated rings. The smallest absolute Gasteiger partial charge is 0.235 e. The van der Waals surface area contributed by atoms with Crippen LogP contribution >= 0.6 is 22.9 Å². The van der Waals surface area contributed by atoms with E-state index in [0.29, 0.717) is 5.82 Å². The molecule has 132 valence electrons. The molecule has 3 aromatic rings. The van der Waals surface area contributed by atoms with Crippen LogP contribution in [-0.2, 0) is 0 Å². The quantitative estimate of drug-likeness (QED) is 0.598. The number of aromatic hydroxyl groups is 1. The summed E-state index contributed by atoms with van der Waals surface area (Å²) in [6, 6.07) is 8.03. The Balaban J connectivity index is 1.79. The average molecular weight is 380 g/mol. The van der Waals surface area contributed by atoms with E-state index in [1.165, 1.54) is 16.2 Å². The van der Waals surface area contributed by atoms with E-state index in [1.807, 2.05) is 19.1 Å². The second-order valence-corrected chi connectivity index (χ2v) is 8.19. The van der Waals surface area contributed by atoms with Crippen LogP contribution < -0.4 is 9.80 Å². The number of rotatable bonds is 3. The summed E-state index contributed by atoms with van der Waals surface area (Å²) in [4.78, 5) is 9.10. The number of thiazole rings is 1.